The van der Waals surface area contributed by atoms with Gasteiger partial charge in [-0.2, -0.15) is 0 Å². The lowest BCUT2D eigenvalue weighted by atomic mass is 9.94. The molecule has 0 saturated carbocycles. The maximum Gasteiger partial charge on any atom is 0.295 e. The minimum Gasteiger partial charge on any atom is -0.507 e. The number of nitrogens with zero attached hydrogens (tertiary/aromatic N) is 1. The van der Waals surface area contributed by atoms with Gasteiger partial charge in [0.1, 0.15) is 11.5 Å². The molecule has 1 amide bonds. The molecule has 0 radical (unpaired) electrons. The number of ketones is 1. The van der Waals surface area contributed by atoms with E-state index in [9.17, 15) is 14.7 Å². The molecule has 37 heavy (non-hydrogen) atoms. The Balaban J connectivity index is 1.67. The van der Waals surface area contributed by atoms with E-state index in [0.29, 0.717) is 45.4 Å². The molecule has 5 rings (SSSR count). The van der Waals surface area contributed by atoms with Crippen LogP contribution in [0.4, 0.5) is 0 Å². The molecule has 1 fully saturated rings. The summed E-state index contributed by atoms with van der Waals surface area (Å²) < 4.78 is 27.1. The van der Waals surface area contributed by atoms with Crippen molar-refractivity contribution in [2.45, 2.75) is 12.6 Å². The van der Waals surface area contributed by atoms with E-state index in [1.54, 1.807) is 49.6 Å². The molecular weight excluding hydrogens is 478 g/mol. The predicted molar refractivity (Wildman–Crippen MR) is 133 cm³/mol. The van der Waals surface area contributed by atoms with Crippen molar-refractivity contribution in [3.63, 3.8) is 0 Å². The largest absolute Gasteiger partial charge is 0.507 e. The van der Waals surface area contributed by atoms with Gasteiger partial charge in [-0.05, 0) is 42.0 Å². The number of ether oxygens (including phenoxy) is 5. The molecule has 9 nitrogen and oxygen atoms in total. The summed E-state index contributed by atoms with van der Waals surface area (Å²) in [7, 11) is 4.56. The molecule has 3 aromatic rings. The summed E-state index contributed by atoms with van der Waals surface area (Å²) in [6.45, 7) is 0.139. The average molecular weight is 504 g/mol. The van der Waals surface area contributed by atoms with E-state index in [0.717, 1.165) is 0 Å². The van der Waals surface area contributed by atoms with Gasteiger partial charge in [0.25, 0.3) is 11.7 Å². The lowest BCUT2D eigenvalue weighted by Gasteiger charge is -2.26. The molecule has 1 atom stereocenters. The van der Waals surface area contributed by atoms with Crippen LogP contribution in [0.1, 0.15) is 22.7 Å². The smallest absolute Gasteiger partial charge is 0.295 e. The lowest BCUT2D eigenvalue weighted by Crippen LogP contribution is -2.29. The number of benzene rings is 3. The zero-order valence-corrected chi connectivity index (χ0v) is 20.5. The lowest BCUT2D eigenvalue weighted by molar-refractivity contribution is -0.140. The summed E-state index contributed by atoms with van der Waals surface area (Å²) in [4.78, 5) is 28.2. The van der Waals surface area contributed by atoms with E-state index >= 15 is 0 Å². The number of rotatable bonds is 7. The van der Waals surface area contributed by atoms with Crippen molar-refractivity contribution in [3.05, 3.63) is 82.9 Å². The summed E-state index contributed by atoms with van der Waals surface area (Å²) >= 11 is 0. The van der Waals surface area contributed by atoms with Gasteiger partial charge in [-0.1, -0.05) is 24.3 Å². The van der Waals surface area contributed by atoms with Crippen LogP contribution < -0.4 is 23.7 Å². The number of carbonyl (C=O) groups excluding carboxylic acids is 2. The first kappa shape index (κ1) is 24.1. The molecular formula is C28H25NO8. The first-order chi connectivity index (χ1) is 18.0. The zero-order chi connectivity index (χ0) is 26.1. The Kier molecular flexibility index (Phi) is 6.35. The quantitative estimate of drug-likeness (QED) is 0.293. The number of fused-ring (bicyclic) bond motifs is 1. The van der Waals surface area contributed by atoms with Crippen LogP contribution in [0.2, 0.25) is 0 Å². The van der Waals surface area contributed by atoms with Crippen LogP contribution in [-0.2, 0) is 16.1 Å². The van der Waals surface area contributed by atoms with Gasteiger partial charge in [0.05, 0.1) is 39.5 Å². The van der Waals surface area contributed by atoms with Gasteiger partial charge < -0.3 is 33.7 Å². The van der Waals surface area contributed by atoms with Crippen LogP contribution in [0.15, 0.2) is 66.2 Å². The van der Waals surface area contributed by atoms with Crippen molar-refractivity contribution in [3.8, 4) is 28.7 Å². The second-order valence-corrected chi connectivity index (χ2v) is 8.42. The molecule has 0 aliphatic carbocycles. The Labute approximate surface area is 213 Å². The van der Waals surface area contributed by atoms with Crippen molar-refractivity contribution < 1.29 is 38.4 Å². The van der Waals surface area contributed by atoms with Crippen LogP contribution in [-0.4, -0.2) is 49.8 Å². The predicted octanol–water partition coefficient (Wildman–Crippen LogP) is 4.06. The van der Waals surface area contributed by atoms with Crippen LogP contribution in [0.25, 0.3) is 5.76 Å². The fourth-order valence-electron chi connectivity index (χ4n) is 4.63. The summed E-state index contributed by atoms with van der Waals surface area (Å²) in [5.41, 5.74) is 1.55. The minimum absolute atomic E-state index is 0.0500. The number of amides is 1. The number of methoxy groups -OCH3 is 3. The molecule has 1 saturated heterocycles. The summed E-state index contributed by atoms with van der Waals surface area (Å²) in [6.07, 6.45) is 0. The Bertz CT molecular complexity index is 1410. The van der Waals surface area contributed by atoms with Gasteiger partial charge in [0.15, 0.2) is 23.0 Å². The number of Topliss-reactive ketones (excluding diaryl/α,β-unsaturated/α-hetero) is 1. The van der Waals surface area contributed by atoms with Crippen LogP contribution in [0.3, 0.4) is 0 Å². The highest BCUT2D eigenvalue weighted by Gasteiger charge is 2.46. The molecule has 0 aromatic heterocycles. The Morgan fingerprint density at radius 1 is 0.892 bits per heavy atom. The third kappa shape index (κ3) is 4.18. The third-order valence-corrected chi connectivity index (χ3v) is 6.44. The highest BCUT2D eigenvalue weighted by atomic mass is 16.7. The van der Waals surface area contributed by atoms with Crippen LogP contribution >= 0.6 is 0 Å². The fourth-order valence-corrected chi connectivity index (χ4v) is 4.63. The maximum atomic E-state index is 13.4. The molecule has 0 bridgehead atoms. The summed E-state index contributed by atoms with van der Waals surface area (Å²) in [6, 6.07) is 16.3. The molecule has 2 heterocycles. The summed E-state index contributed by atoms with van der Waals surface area (Å²) in [5, 5.41) is 11.4. The average Bonchev–Trinajstić information content (AvgIpc) is 3.50. The van der Waals surface area contributed by atoms with E-state index in [1.807, 2.05) is 18.2 Å². The topological polar surface area (TPSA) is 104 Å². The number of carbonyl (C=O) groups is 2. The van der Waals surface area contributed by atoms with Gasteiger partial charge in [0.2, 0.25) is 6.79 Å². The van der Waals surface area contributed by atoms with E-state index in [1.165, 1.54) is 19.1 Å². The van der Waals surface area contributed by atoms with Gasteiger partial charge in [0, 0.05) is 11.1 Å². The molecule has 9 heteroatoms. The van der Waals surface area contributed by atoms with Crippen molar-refractivity contribution >= 4 is 17.4 Å². The van der Waals surface area contributed by atoms with Crippen molar-refractivity contribution in [1.82, 2.24) is 4.90 Å². The second-order valence-electron chi connectivity index (χ2n) is 8.42. The van der Waals surface area contributed by atoms with Crippen molar-refractivity contribution in [1.29, 1.82) is 0 Å². The highest BCUT2D eigenvalue weighted by molar-refractivity contribution is 6.46. The molecule has 0 spiro atoms. The number of hydrogen-bond donors (Lipinski definition) is 1. The number of likely N-dealkylation sites (tertiary alicyclic amines) is 1. The van der Waals surface area contributed by atoms with Gasteiger partial charge in [-0.3, -0.25) is 9.59 Å². The van der Waals surface area contributed by atoms with Crippen molar-refractivity contribution in [2.75, 3.05) is 28.1 Å². The van der Waals surface area contributed by atoms with E-state index in [2.05, 4.69) is 0 Å². The highest BCUT2D eigenvalue weighted by Crippen LogP contribution is 2.44. The monoisotopic (exact) mass is 503 g/mol. The Hall–Kier alpha value is -4.66. The molecule has 190 valence electrons. The maximum absolute atomic E-state index is 13.4. The Morgan fingerprint density at radius 3 is 2.38 bits per heavy atom. The standard InChI is InChI=1S/C28H25NO8/c1-33-19-7-5-4-6-18(19)14-29-25(16-8-10-20(34-2)22(12-16)35-3)24(27(31)28(29)32)26(30)17-9-11-21-23(13-17)37-15-36-21/h4-13,25,30H,14-15H2,1-3H3/b26-24+. The van der Waals surface area contributed by atoms with Gasteiger partial charge >= 0.3 is 0 Å². The number of hydrogen-bond acceptors (Lipinski definition) is 8. The third-order valence-electron chi connectivity index (χ3n) is 6.44. The van der Waals surface area contributed by atoms with E-state index < -0.39 is 17.7 Å². The number of aliphatic hydroxyl groups excluding tert-OH is 1. The Morgan fingerprint density at radius 2 is 1.62 bits per heavy atom. The van der Waals surface area contributed by atoms with E-state index in [4.69, 9.17) is 23.7 Å². The second kappa shape index (κ2) is 9.77. The molecule has 2 aliphatic rings. The number of aliphatic hydroxyl groups is 1. The van der Waals surface area contributed by atoms with Gasteiger partial charge in [-0.15, -0.1) is 0 Å². The molecule has 2 aliphatic heterocycles. The first-order valence-electron chi connectivity index (χ1n) is 11.5. The summed E-state index contributed by atoms with van der Waals surface area (Å²) in [5.74, 6) is 0.595. The fraction of sp³-hybridized carbons (Fsp3) is 0.214. The van der Waals surface area contributed by atoms with Crippen LogP contribution in [0, 0.1) is 0 Å². The molecule has 3 aromatic carbocycles. The van der Waals surface area contributed by atoms with Crippen LogP contribution in [0.5, 0.6) is 28.7 Å². The van der Waals surface area contributed by atoms with Crippen molar-refractivity contribution in [2.24, 2.45) is 0 Å². The molecule has 1 unspecified atom stereocenters. The number of para-hydroxylation sites is 1. The minimum atomic E-state index is -0.907. The van der Waals surface area contributed by atoms with E-state index in [-0.39, 0.29) is 24.7 Å². The van der Waals surface area contributed by atoms with Gasteiger partial charge in [-0.25, -0.2) is 0 Å². The first-order valence-corrected chi connectivity index (χ1v) is 11.5. The molecule has 1 N–H and O–H groups in total. The SMILES string of the molecule is COc1ccccc1CN1C(=O)C(=O)/C(=C(/O)c2ccc3c(c2)OCO3)C1c1ccc(OC)c(OC)c1. The zero-order valence-electron chi connectivity index (χ0n) is 20.5. The normalized spacial score (nSPS) is 17.7.